The second-order valence-corrected chi connectivity index (χ2v) is 6.96. The number of hydrogen-bond acceptors (Lipinski definition) is 5. The molecule has 0 unspecified atom stereocenters. The summed E-state index contributed by atoms with van der Waals surface area (Å²) in [4.78, 5) is 8.81. The molecular formula is C25H18N3O3. The van der Waals surface area contributed by atoms with Crippen molar-refractivity contribution < 1.29 is 14.3 Å². The molecule has 0 aliphatic carbocycles. The van der Waals surface area contributed by atoms with E-state index in [1.165, 1.54) is 18.5 Å². The molecule has 0 saturated carbocycles. The SMILES string of the molecule is COc1ccc(-c2c(-c3ccccc3)oc3ncnc(Nc4cccc([O])c4)c23)cc1. The smallest absolute Gasteiger partial charge is 0.232 e. The molecule has 5 rings (SSSR count). The Morgan fingerprint density at radius 1 is 0.871 bits per heavy atom. The fourth-order valence-electron chi connectivity index (χ4n) is 3.56. The second-order valence-electron chi connectivity index (χ2n) is 6.96. The monoisotopic (exact) mass is 408 g/mol. The average Bonchev–Trinajstić information content (AvgIpc) is 3.20. The van der Waals surface area contributed by atoms with Crippen molar-refractivity contribution in [1.82, 2.24) is 9.97 Å². The fraction of sp³-hybridized carbons (Fsp3) is 0.0400. The maximum Gasteiger partial charge on any atom is 0.232 e. The maximum atomic E-state index is 11.8. The lowest BCUT2D eigenvalue weighted by atomic mass is 9.99. The molecule has 0 saturated heterocycles. The minimum atomic E-state index is -0.0807. The molecule has 0 atom stereocenters. The Hall–Kier alpha value is -4.32. The van der Waals surface area contributed by atoms with E-state index >= 15 is 0 Å². The molecule has 2 heterocycles. The Kier molecular flexibility index (Phi) is 4.72. The van der Waals surface area contributed by atoms with Crippen molar-refractivity contribution in [2.24, 2.45) is 0 Å². The zero-order valence-corrected chi connectivity index (χ0v) is 16.7. The number of nitrogens with one attached hydrogen (secondary N) is 1. The molecule has 3 aromatic carbocycles. The quantitative estimate of drug-likeness (QED) is 0.361. The number of rotatable bonds is 5. The summed E-state index contributed by atoms with van der Waals surface area (Å²) >= 11 is 0. The summed E-state index contributed by atoms with van der Waals surface area (Å²) in [5.41, 5.74) is 3.84. The first-order chi connectivity index (χ1) is 15.2. The van der Waals surface area contributed by atoms with E-state index in [1.54, 1.807) is 13.2 Å². The number of ether oxygens (including phenoxy) is 1. The minimum Gasteiger partial charge on any atom is -0.497 e. The third-order valence-electron chi connectivity index (χ3n) is 5.00. The van der Waals surface area contributed by atoms with E-state index in [0.29, 0.717) is 23.0 Å². The molecule has 1 N–H and O–H groups in total. The van der Waals surface area contributed by atoms with Gasteiger partial charge in [0.1, 0.15) is 23.7 Å². The summed E-state index contributed by atoms with van der Waals surface area (Å²) in [7, 11) is 1.64. The van der Waals surface area contributed by atoms with Crippen molar-refractivity contribution in [1.29, 1.82) is 0 Å². The van der Waals surface area contributed by atoms with E-state index in [1.807, 2.05) is 60.7 Å². The van der Waals surface area contributed by atoms with Gasteiger partial charge in [-0.15, -0.1) is 0 Å². The summed E-state index contributed by atoms with van der Waals surface area (Å²) in [5, 5.41) is 15.8. The van der Waals surface area contributed by atoms with Crippen LogP contribution in [-0.4, -0.2) is 17.1 Å². The minimum absolute atomic E-state index is 0.0807. The van der Waals surface area contributed by atoms with Crippen molar-refractivity contribution in [3.05, 3.63) is 85.2 Å². The third-order valence-corrected chi connectivity index (χ3v) is 5.00. The van der Waals surface area contributed by atoms with Gasteiger partial charge in [-0.2, -0.15) is 0 Å². The van der Waals surface area contributed by atoms with Crippen LogP contribution < -0.4 is 10.1 Å². The van der Waals surface area contributed by atoms with Crippen LogP contribution in [0.1, 0.15) is 0 Å². The summed E-state index contributed by atoms with van der Waals surface area (Å²) < 4.78 is 11.5. The molecule has 0 aliphatic heterocycles. The molecular weight excluding hydrogens is 390 g/mol. The van der Waals surface area contributed by atoms with Crippen LogP contribution in [0.5, 0.6) is 11.5 Å². The van der Waals surface area contributed by atoms with Crippen LogP contribution in [0.15, 0.2) is 89.6 Å². The number of hydrogen-bond donors (Lipinski definition) is 1. The molecule has 1 radical (unpaired) electrons. The lowest BCUT2D eigenvalue weighted by Gasteiger charge is -2.09. The molecule has 0 bridgehead atoms. The highest BCUT2D eigenvalue weighted by atomic mass is 16.5. The Morgan fingerprint density at radius 3 is 2.42 bits per heavy atom. The lowest BCUT2D eigenvalue weighted by Crippen LogP contribution is -1.95. The van der Waals surface area contributed by atoms with Crippen LogP contribution in [0.4, 0.5) is 11.5 Å². The summed E-state index contributed by atoms with van der Waals surface area (Å²) in [6.07, 6.45) is 1.45. The lowest BCUT2D eigenvalue weighted by molar-refractivity contribution is 0.355. The summed E-state index contributed by atoms with van der Waals surface area (Å²) in [6, 6.07) is 24.2. The Bertz CT molecular complexity index is 1350. The number of fused-ring (bicyclic) bond motifs is 1. The third kappa shape index (κ3) is 3.55. The topological polar surface area (TPSA) is 80.1 Å². The van der Waals surface area contributed by atoms with Gasteiger partial charge in [0.2, 0.25) is 5.71 Å². The molecule has 0 fully saturated rings. The zero-order chi connectivity index (χ0) is 21.2. The number of benzene rings is 3. The van der Waals surface area contributed by atoms with Gasteiger partial charge in [0.25, 0.3) is 0 Å². The van der Waals surface area contributed by atoms with E-state index in [0.717, 1.165) is 27.8 Å². The molecule has 0 aliphatic rings. The second kappa shape index (κ2) is 7.84. The first-order valence-corrected chi connectivity index (χ1v) is 9.74. The average molecular weight is 408 g/mol. The largest absolute Gasteiger partial charge is 0.497 e. The molecule has 6 nitrogen and oxygen atoms in total. The first kappa shape index (κ1) is 18.7. The number of nitrogens with zero attached hydrogens (tertiary/aromatic N) is 2. The van der Waals surface area contributed by atoms with Crippen LogP contribution in [0.25, 0.3) is 33.6 Å². The highest BCUT2D eigenvalue weighted by molar-refractivity contribution is 6.06. The Balaban J connectivity index is 1.75. The van der Waals surface area contributed by atoms with E-state index < -0.39 is 0 Å². The molecule has 6 heteroatoms. The molecule has 0 spiro atoms. The van der Waals surface area contributed by atoms with Gasteiger partial charge in [-0.25, -0.2) is 9.97 Å². The predicted octanol–water partition coefficient (Wildman–Crippen LogP) is 6.45. The van der Waals surface area contributed by atoms with E-state index in [-0.39, 0.29) is 5.75 Å². The van der Waals surface area contributed by atoms with Gasteiger partial charge < -0.3 is 14.5 Å². The van der Waals surface area contributed by atoms with Crippen molar-refractivity contribution in [2.75, 3.05) is 12.4 Å². The van der Waals surface area contributed by atoms with Gasteiger partial charge >= 0.3 is 0 Å². The van der Waals surface area contributed by atoms with Crippen molar-refractivity contribution in [2.45, 2.75) is 0 Å². The van der Waals surface area contributed by atoms with Crippen molar-refractivity contribution >= 4 is 22.6 Å². The van der Waals surface area contributed by atoms with Gasteiger partial charge in [-0.05, 0) is 29.8 Å². The van der Waals surface area contributed by atoms with Crippen LogP contribution in [-0.2, 0) is 5.11 Å². The molecule has 5 aromatic rings. The fourth-order valence-corrected chi connectivity index (χ4v) is 3.56. The van der Waals surface area contributed by atoms with Crippen molar-refractivity contribution in [3.8, 4) is 33.9 Å². The number of anilines is 2. The standard InChI is InChI=1S/C25H18N3O3/c1-30-20-12-10-16(11-13-20)21-22-24(28-18-8-5-9-19(29)14-18)26-15-27-25(22)31-23(21)17-6-3-2-4-7-17/h2-15H,1H3,(H,26,27,28). The zero-order valence-electron chi connectivity index (χ0n) is 16.7. The van der Waals surface area contributed by atoms with Gasteiger partial charge in [0, 0.05) is 22.9 Å². The van der Waals surface area contributed by atoms with Gasteiger partial charge in [-0.3, -0.25) is 5.11 Å². The Morgan fingerprint density at radius 2 is 1.68 bits per heavy atom. The van der Waals surface area contributed by atoms with Gasteiger partial charge in [0.15, 0.2) is 5.75 Å². The van der Waals surface area contributed by atoms with Crippen LogP contribution in [0.3, 0.4) is 0 Å². The van der Waals surface area contributed by atoms with E-state index in [4.69, 9.17) is 9.15 Å². The maximum absolute atomic E-state index is 11.8. The summed E-state index contributed by atoms with van der Waals surface area (Å²) in [5.74, 6) is 1.94. The molecule has 31 heavy (non-hydrogen) atoms. The van der Waals surface area contributed by atoms with Crippen LogP contribution in [0.2, 0.25) is 0 Å². The van der Waals surface area contributed by atoms with Gasteiger partial charge in [0.05, 0.1) is 12.5 Å². The molecule has 151 valence electrons. The molecule has 2 aromatic heterocycles. The van der Waals surface area contributed by atoms with E-state index in [2.05, 4.69) is 15.3 Å². The highest BCUT2D eigenvalue weighted by Crippen LogP contribution is 2.43. The van der Waals surface area contributed by atoms with Crippen molar-refractivity contribution in [3.63, 3.8) is 0 Å². The number of furan rings is 1. The van der Waals surface area contributed by atoms with E-state index in [9.17, 15) is 5.11 Å². The molecule has 0 amide bonds. The Labute approximate surface area is 178 Å². The van der Waals surface area contributed by atoms with Gasteiger partial charge in [-0.1, -0.05) is 48.5 Å². The highest BCUT2D eigenvalue weighted by Gasteiger charge is 2.22. The predicted molar refractivity (Wildman–Crippen MR) is 119 cm³/mol. The van der Waals surface area contributed by atoms with Crippen LogP contribution >= 0.6 is 0 Å². The first-order valence-electron chi connectivity index (χ1n) is 9.74. The number of methoxy groups -OCH3 is 1. The summed E-state index contributed by atoms with van der Waals surface area (Å²) in [6.45, 7) is 0. The number of aromatic nitrogens is 2. The normalized spacial score (nSPS) is 10.9. The van der Waals surface area contributed by atoms with Crippen LogP contribution in [0, 0.1) is 0 Å².